The summed E-state index contributed by atoms with van der Waals surface area (Å²) in [5, 5.41) is 6.56. The fourth-order valence-corrected chi connectivity index (χ4v) is 1.53. The Kier molecular flexibility index (Phi) is 7.81. The second-order valence-electron chi connectivity index (χ2n) is 5.38. The summed E-state index contributed by atoms with van der Waals surface area (Å²) in [5.74, 6) is 2.48. The molecule has 4 nitrogen and oxygen atoms in total. The van der Waals surface area contributed by atoms with Crippen LogP contribution in [0.5, 0.6) is 0 Å². The molecular formula is C14H29N3O. The van der Waals surface area contributed by atoms with Crippen LogP contribution in [-0.4, -0.2) is 38.8 Å². The Labute approximate surface area is 112 Å². The fourth-order valence-electron chi connectivity index (χ4n) is 1.53. The molecule has 0 bridgehead atoms. The van der Waals surface area contributed by atoms with Crippen molar-refractivity contribution < 1.29 is 4.74 Å². The molecule has 1 aliphatic carbocycles. The standard InChI is InChI=1S/C14H29N3O/c1-4-15-14(17-11-13-5-6-13)16-8-10-18-9-7-12(2)3/h12-13H,4-11H2,1-3H3,(H2,15,16,17). The van der Waals surface area contributed by atoms with Crippen molar-refractivity contribution in [2.24, 2.45) is 16.8 Å². The maximum atomic E-state index is 5.57. The molecule has 0 aromatic rings. The monoisotopic (exact) mass is 255 g/mol. The Hall–Kier alpha value is -0.770. The normalized spacial score (nSPS) is 16.1. The molecule has 0 heterocycles. The summed E-state index contributed by atoms with van der Waals surface area (Å²) in [6.45, 7) is 10.8. The van der Waals surface area contributed by atoms with Crippen molar-refractivity contribution in [2.45, 2.75) is 40.0 Å². The zero-order chi connectivity index (χ0) is 13.2. The summed E-state index contributed by atoms with van der Waals surface area (Å²) < 4.78 is 5.57. The second-order valence-corrected chi connectivity index (χ2v) is 5.38. The van der Waals surface area contributed by atoms with Crippen LogP contribution < -0.4 is 10.6 Å². The molecule has 0 spiro atoms. The molecular weight excluding hydrogens is 226 g/mol. The lowest BCUT2D eigenvalue weighted by Crippen LogP contribution is -2.39. The fraction of sp³-hybridized carbons (Fsp3) is 0.929. The zero-order valence-corrected chi connectivity index (χ0v) is 12.2. The summed E-state index contributed by atoms with van der Waals surface area (Å²) in [5.41, 5.74) is 0. The molecule has 0 unspecified atom stereocenters. The molecule has 0 saturated heterocycles. The Morgan fingerprint density at radius 1 is 1.28 bits per heavy atom. The molecule has 0 aromatic heterocycles. The Bertz CT molecular complexity index is 237. The van der Waals surface area contributed by atoms with Crippen molar-refractivity contribution in [3.63, 3.8) is 0 Å². The molecule has 1 rings (SSSR count). The van der Waals surface area contributed by atoms with Crippen molar-refractivity contribution in [1.29, 1.82) is 0 Å². The molecule has 1 saturated carbocycles. The number of hydrogen-bond acceptors (Lipinski definition) is 2. The first-order chi connectivity index (χ1) is 8.72. The average Bonchev–Trinajstić information content (AvgIpc) is 3.13. The number of nitrogens with zero attached hydrogens (tertiary/aromatic N) is 1. The van der Waals surface area contributed by atoms with Crippen LogP contribution in [0.2, 0.25) is 0 Å². The van der Waals surface area contributed by atoms with E-state index in [4.69, 9.17) is 4.74 Å². The summed E-state index contributed by atoms with van der Waals surface area (Å²) >= 11 is 0. The Balaban J connectivity index is 2.03. The van der Waals surface area contributed by atoms with E-state index >= 15 is 0 Å². The van der Waals surface area contributed by atoms with E-state index in [1.54, 1.807) is 0 Å². The smallest absolute Gasteiger partial charge is 0.191 e. The van der Waals surface area contributed by atoms with Gasteiger partial charge in [-0.3, -0.25) is 4.99 Å². The van der Waals surface area contributed by atoms with Crippen LogP contribution >= 0.6 is 0 Å². The first kappa shape index (κ1) is 15.3. The maximum absolute atomic E-state index is 5.57. The van der Waals surface area contributed by atoms with E-state index in [1.807, 2.05) is 0 Å². The Morgan fingerprint density at radius 3 is 2.67 bits per heavy atom. The van der Waals surface area contributed by atoms with Gasteiger partial charge in [-0.05, 0) is 38.0 Å². The third-order valence-corrected chi connectivity index (χ3v) is 2.93. The summed E-state index contributed by atoms with van der Waals surface area (Å²) in [6.07, 6.45) is 3.83. The number of ether oxygens (including phenoxy) is 1. The molecule has 18 heavy (non-hydrogen) atoms. The van der Waals surface area contributed by atoms with Crippen LogP contribution in [0.4, 0.5) is 0 Å². The van der Waals surface area contributed by atoms with Crippen LogP contribution in [0.25, 0.3) is 0 Å². The first-order valence-corrected chi connectivity index (χ1v) is 7.32. The minimum atomic E-state index is 0.718. The lowest BCUT2D eigenvalue weighted by atomic mass is 10.1. The van der Waals surface area contributed by atoms with Crippen LogP contribution in [0.1, 0.15) is 40.0 Å². The third kappa shape index (κ3) is 8.34. The zero-order valence-electron chi connectivity index (χ0n) is 12.2. The van der Waals surface area contributed by atoms with Gasteiger partial charge >= 0.3 is 0 Å². The highest BCUT2D eigenvalue weighted by Gasteiger charge is 2.20. The van der Waals surface area contributed by atoms with Gasteiger partial charge in [0.2, 0.25) is 0 Å². The van der Waals surface area contributed by atoms with E-state index in [2.05, 4.69) is 36.4 Å². The number of nitrogens with one attached hydrogen (secondary N) is 2. The third-order valence-electron chi connectivity index (χ3n) is 2.93. The van der Waals surface area contributed by atoms with Gasteiger partial charge in [0.15, 0.2) is 5.96 Å². The van der Waals surface area contributed by atoms with Crippen molar-refractivity contribution in [1.82, 2.24) is 10.6 Å². The van der Waals surface area contributed by atoms with Gasteiger partial charge in [-0.2, -0.15) is 0 Å². The van der Waals surface area contributed by atoms with Gasteiger partial charge in [0.25, 0.3) is 0 Å². The van der Waals surface area contributed by atoms with E-state index in [0.717, 1.165) is 57.1 Å². The molecule has 1 aliphatic rings. The van der Waals surface area contributed by atoms with Crippen LogP contribution in [0.15, 0.2) is 4.99 Å². The SMILES string of the molecule is CCNC(=NCC1CC1)NCCOCCC(C)C. The first-order valence-electron chi connectivity index (χ1n) is 7.32. The second kappa shape index (κ2) is 9.20. The molecule has 0 amide bonds. The summed E-state index contributed by atoms with van der Waals surface area (Å²) in [6, 6.07) is 0. The molecule has 2 N–H and O–H groups in total. The lowest BCUT2D eigenvalue weighted by Gasteiger charge is -2.11. The summed E-state index contributed by atoms with van der Waals surface area (Å²) in [7, 11) is 0. The van der Waals surface area contributed by atoms with Gasteiger partial charge in [-0.15, -0.1) is 0 Å². The molecule has 0 aromatic carbocycles. The van der Waals surface area contributed by atoms with E-state index in [9.17, 15) is 0 Å². The quantitative estimate of drug-likeness (QED) is 0.376. The molecule has 0 aliphatic heterocycles. The predicted octanol–water partition coefficient (Wildman–Crippen LogP) is 2.01. The average molecular weight is 255 g/mol. The number of rotatable bonds is 9. The van der Waals surface area contributed by atoms with Gasteiger partial charge in [-0.25, -0.2) is 0 Å². The Morgan fingerprint density at radius 2 is 2.06 bits per heavy atom. The van der Waals surface area contributed by atoms with Crippen molar-refractivity contribution in [3.05, 3.63) is 0 Å². The van der Waals surface area contributed by atoms with Gasteiger partial charge in [0.1, 0.15) is 0 Å². The minimum Gasteiger partial charge on any atom is -0.380 e. The number of hydrogen-bond donors (Lipinski definition) is 2. The van der Waals surface area contributed by atoms with Gasteiger partial charge in [0.05, 0.1) is 6.61 Å². The van der Waals surface area contributed by atoms with E-state index in [-0.39, 0.29) is 0 Å². The molecule has 4 heteroatoms. The largest absolute Gasteiger partial charge is 0.380 e. The molecule has 0 radical (unpaired) electrons. The molecule has 1 fully saturated rings. The van der Waals surface area contributed by atoms with Gasteiger partial charge in [-0.1, -0.05) is 13.8 Å². The molecule has 0 atom stereocenters. The van der Waals surface area contributed by atoms with Crippen molar-refractivity contribution >= 4 is 5.96 Å². The van der Waals surface area contributed by atoms with Crippen LogP contribution in [0, 0.1) is 11.8 Å². The van der Waals surface area contributed by atoms with Crippen molar-refractivity contribution in [2.75, 3.05) is 32.8 Å². The maximum Gasteiger partial charge on any atom is 0.191 e. The van der Waals surface area contributed by atoms with Crippen LogP contribution in [-0.2, 0) is 4.74 Å². The predicted molar refractivity (Wildman–Crippen MR) is 77.0 cm³/mol. The van der Waals surface area contributed by atoms with E-state index in [0.29, 0.717) is 0 Å². The lowest BCUT2D eigenvalue weighted by molar-refractivity contribution is 0.128. The topological polar surface area (TPSA) is 45.7 Å². The van der Waals surface area contributed by atoms with Gasteiger partial charge < -0.3 is 15.4 Å². The number of guanidine groups is 1. The minimum absolute atomic E-state index is 0.718. The summed E-state index contributed by atoms with van der Waals surface area (Å²) in [4.78, 5) is 4.56. The van der Waals surface area contributed by atoms with Crippen molar-refractivity contribution in [3.8, 4) is 0 Å². The highest BCUT2D eigenvalue weighted by molar-refractivity contribution is 5.79. The highest BCUT2D eigenvalue weighted by Crippen LogP contribution is 2.28. The highest BCUT2D eigenvalue weighted by atomic mass is 16.5. The van der Waals surface area contributed by atoms with Gasteiger partial charge in [0, 0.05) is 26.2 Å². The van der Waals surface area contributed by atoms with Crippen LogP contribution in [0.3, 0.4) is 0 Å². The number of aliphatic imine (C=N–C) groups is 1. The molecule has 106 valence electrons. The van der Waals surface area contributed by atoms with E-state index in [1.165, 1.54) is 12.8 Å². The van der Waals surface area contributed by atoms with E-state index < -0.39 is 0 Å².